The van der Waals surface area contributed by atoms with Crippen molar-refractivity contribution in [3.8, 4) is 0 Å². The minimum Gasteiger partial charge on any atom is -0.351 e. The molecule has 0 bridgehead atoms. The zero-order valence-electron chi connectivity index (χ0n) is 7.78. The standard InChI is InChI=1S/C10H12ClN3/c11-7-4-12-10(13-5-7)14-9-2-1-6-3-8(6)9/h4-6,8-9H,1-3H2,(H,12,13,14). The van der Waals surface area contributed by atoms with Crippen LogP contribution in [0.3, 0.4) is 0 Å². The van der Waals surface area contributed by atoms with Crippen molar-refractivity contribution < 1.29 is 0 Å². The Labute approximate surface area is 87.9 Å². The van der Waals surface area contributed by atoms with E-state index in [0.29, 0.717) is 17.0 Å². The summed E-state index contributed by atoms with van der Waals surface area (Å²) in [7, 11) is 0. The number of fused-ring (bicyclic) bond motifs is 1. The number of hydrogen-bond acceptors (Lipinski definition) is 3. The molecule has 0 aromatic carbocycles. The molecule has 0 radical (unpaired) electrons. The number of hydrogen-bond donors (Lipinski definition) is 1. The van der Waals surface area contributed by atoms with Gasteiger partial charge in [-0.2, -0.15) is 0 Å². The smallest absolute Gasteiger partial charge is 0.222 e. The van der Waals surface area contributed by atoms with Crippen molar-refractivity contribution in [2.24, 2.45) is 11.8 Å². The van der Waals surface area contributed by atoms with Crippen molar-refractivity contribution in [3.63, 3.8) is 0 Å². The number of nitrogens with zero attached hydrogens (tertiary/aromatic N) is 2. The third-order valence-corrected chi connectivity index (χ3v) is 3.47. The lowest BCUT2D eigenvalue weighted by Gasteiger charge is -2.13. The van der Waals surface area contributed by atoms with Crippen molar-refractivity contribution >= 4 is 17.5 Å². The van der Waals surface area contributed by atoms with Gasteiger partial charge in [0.05, 0.1) is 17.4 Å². The number of nitrogens with one attached hydrogen (secondary N) is 1. The molecule has 14 heavy (non-hydrogen) atoms. The van der Waals surface area contributed by atoms with Gasteiger partial charge in [0.25, 0.3) is 0 Å². The molecule has 3 nitrogen and oxygen atoms in total. The van der Waals surface area contributed by atoms with Crippen LogP contribution in [0.5, 0.6) is 0 Å². The molecule has 2 saturated carbocycles. The van der Waals surface area contributed by atoms with Crippen LogP contribution in [0.25, 0.3) is 0 Å². The average Bonchev–Trinajstić information content (AvgIpc) is 2.88. The minimum atomic E-state index is 0.589. The molecule has 1 aromatic rings. The van der Waals surface area contributed by atoms with Gasteiger partial charge in [-0.05, 0) is 31.1 Å². The summed E-state index contributed by atoms with van der Waals surface area (Å²) in [5.41, 5.74) is 0. The monoisotopic (exact) mass is 209 g/mol. The Hall–Kier alpha value is -0.830. The summed E-state index contributed by atoms with van der Waals surface area (Å²) in [5, 5.41) is 3.97. The Morgan fingerprint density at radius 1 is 1.29 bits per heavy atom. The molecule has 1 heterocycles. The summed E-state index contributed by atoms with van der Waals surface area (Å²) in [6.45, 7) is 0. The van der Waals surface area contributed by atoms with Crippen LogP contribution < -0.4 is 5.32 Å². The Morgan fingerprint density at radius 2 is 2.07 bits per heavy atom. The molecule has 3 atom stereocenters. The molecular formula is C10H12ClN3. The van der Waals surface area contributed by atoms with Crippen LogP contribution in [-0.2, 0) is 0 Å². The van der Waals surface area contributed by atoms with E-state index in [-0.39, 0.29) is 0 Å². The van der Waals surface area contributed by atoms with Crippen LogP contribution in [0, 0.1) is 11.8 Å². The summed E-state index contributed by atoms with van der Waals surface area (Å²) in [5.74, 6) is 2.58. The Bertz CT molecular complexity index is 338. The van der Waals surface area contributed by atoms with E-state index in [1.165, 1.54) is 19.3 Å². The summed E-state index contributed by atoms with van der Waals surface area (Å²) >= 11 is 5.71. The van der Waals surface area contributed by atoms with Crippen LogP contribution in [-0.4, -0.2) is 16.0 Å². The van der Waals surface area contributed by atoms with E-state index < -0.39 is 0 Å². The molecule has 0 spiro atoms. The second-order valence-electron chi connectivity index (χ2n) is 4.21. The summed E-state index contributed by atoms with van der Waals surface area (Å²) in [6, 6.07) is 0.598. The molecule has 2 aliphatic rings. The molecule has 74 valence electrons. The van der Waals surface area contributed by atoms with E-state index >= 15 is 0 Å². The molecule has 1 aromatic heterocycles. The second kappa shape index (κ2) is 3.09. The zero-order chi connectivity index (χ0) is 9.54. The van der Waals surface area contributed by atoms with Gasteiger partial charge >= 0.3 is 0 Å². The van der Waals surface area contributed by atoms with E-state index in [1.54, 1.807) is 12.4 Å². The van der Waals surface area contributed by atoms with Gasteiger partial charge in [-0.25, -0.2) is 9.97 Å². The van der Waals surface area contributed by atoms with Gasteiger partial charge in [-0.1, -0.05) is 11.6 Å². The molecule has 0 aliphatic heterocycles. The van der Waals surface area contributed by atoms with Gasteiger partial charge in [0.15, 0.2) is 0 Å². The van der Waals surface area contributed by atoms with E-state index in [9.17, 15) is 0 Å². The van der Waals surface area contributed by atoms with Crippen molar-refractivity contribution in [2.45, 2.75) is 25.3 Å². The van der Waals surface area contributed by atoms with Crippen molar-refractivity contribution in [1.82, 2.24) is 9.97 Å². The van der Waals surface area contributed by atoms with E-state index in [2.05, 4.69) is 15.3 Å². The van der Waals surface area contributed by atoms with E-state index in [0.717, 1.165) is 11.8 Å². The first kappa shape index (κ1) is 8.48. The van der Waals surface area contributed by atoms with E-state index in [4.69, 9.17) is 11.6 Å². The van der Waals surface area contributed by atoms with Gasteiger partial charge in [0.1, 0.15) is 0 Å². The first-order valence-corrected chi connectivity index (χ1v) is 5.45. The Balaban J connectivity index is 1.69. The maximum absolute atomic E-state index is 5.71. The maximum Gasteiger partial charge on any atom is 0.222 e. The summed E-state index contributed by atoms with van der Waals surface area (Å²) in [6.07, 6.45) is 7.30. The molecule has 2 aliphatic carbocycles. The number of aromatic nitrogens is 2. The Kier molecular flexibility index (Phi) is 1.87. The molecule has 4 heteroatoms. The highest BCUT2D eigenvalue weighted by molar-refractivity contribution is 6.30. The first-order chi connectivity index (χ1) is 6.83. The third kappa shape index (κ3) is 1.46. The molecule has 0 amide bonds. The van der Waals surface area contributed by atoms with Gasteiger partial charge in [-0.3, -0.25) is 0 Å². The summed E-state index contributed by atoms with van der Waals surface area (Å²) in [4.78, 5) is 8.28. The fourth-order valence-electron chi connectivity index (χ4n) is 2.44. The number of halogens is 1. The zero-order valence-corrected chi connectivity index (χ0v) is 8.54. The Morgan fingerprint density at radius 3 is 2.64 bits per heavy atom. The molecule has 2 fully saturated rings. The lowest BCUT2D eigenvalue weighted by Crippen LogP contribution is -2.20. The van der Waals surface area contributed by atoms with Crippen molar-refractivity contribution in [3.05, 3.63) is 17.4 Å². The van der Waals surface area contributed by atoms with Crippen LogP contribution in [0.2, 0.25) is 5.02 Å². The molecular weight excluding hydrogens is 198 g/mol. The molecule has 3 unspecified atom stereocenters. The SMILES string of the molecule is Clc1cnc(NC2CCC3CC32)nc1. The van der Waals surface area contributed by atoms with Gasteiger partial charge in [-0.15, -0.1) is 0 Å². The third-order valence-electron chi connectivity index (χ3n) is 3.28. The van der Waals surface area contributed by atoms with E-state index in [1.807, 2.05) is 0 Å². The van der Waals surface area contributed by atoms with Crippen LogP contribution in [0.15, 0.2) is 12.4 Å². The highest BCUT2D eigenvalue weighted by Gasteiger charge is 2.48. The highest BCUT2D eigenvalue weighted by Crippen LogP contribution is 2.52. The summed E-state index contributed by atoms with van der Waals surface area (Å²) < 4.78 is 0. The van der Waals surface area contributed by atoms with Crippen molar-refractivity contribution in [2.75, 3.05) is 5.32 Å². The normalized spacial score (nSPS) is 33.9. The molecule has 1 N–H and O–H groups in total. The molecule has 0 saturated heterocycles. The van der Waals surface area contributed by atoms with Gasteiger partial charge in [0.2, 0.25) is 5.95 Å². The molecule has 3 rings (SSSR count). The van der Waals surface area contributed by atoms with Gasteiger partial charge in [0, 0.05) is 6.04 Å². The average molecular weight is 210 g/mol. The van der Waals surface area contributed by atoms with Crippen LogP contribution in [0.4, 0.5) is 5.95 Å². The van der Waals surface area contributed by atoms with Crippen molar-refractivity contribution in [1.29, 1.82) is 0 Å². The first-order valence-electron chi connectivity index (χ1n) is 5.07. The predicted octanol–water partition coefficient (Wildman–Crippen LogP) is 2.34. The lowest BCUT2D eigenvalue weighted by atomic mass is 10.2. The van der Waals surface area contributed by atoms with Crippen LogP contribution >= 0.6 is 11.6 Å². The minimum absolute atomic E-state index is 0.589. The highest BCUT2D eigenvalue weighted by atomic mass is 35.5. The number of rotatable bonds is 2. The quantitative estimate of drug-likeness (QED) is 0.813. The fourth-order valence-corrected chi connectivity index (χ4v) is 2.53. The second-order valence-corrected chi connectivity index (χ2v) is 4.65. The largest absolute Gasteiger partial charge is 0.351 e. The van der Waals surface area contributed by atoms with Crippen LogP contribution in [0.1, 0.15) is 19.3 Å². The topological polar surface area (TPSA) is 37.8 Å². The van der Waals surface area contributed by atoms with Gasteiger partial charge < -0.3 is 5.32 Å². The fraction of sp³-hybridized carbons (Fsp3) is 0.600. The predicted molar refractivity (Wildman–Crippen MR) is 55.3 cm³/mol. The maximum atomic E-state index is 5.71. The number of anilines is 1. The lowest BCUT2D eigenvalue weighted by molar-refractivity contribution is 0.648.